The smallest absolute Gasteiger partial charge is 0.246 e. The van der Waals surface area contributed by atoms with Gasteiger partial charge in [-0.05, 0) is 41.3 Å². The van der Waals surface area contributed by atoms with Gasteiger partial charge in [0, 0.05) is 29.7 Å². The molecule has 1 aliphatic rings. The zero-order valence-electron chi connectivity index (χ0n) is 14.2. The van der Waals surface area contributed by atoms with Gasteiger partial charge in [-0.2, -0.15) is 4.80 Å². The first kappa shape index (κ1) is 19.6. The Balaban J connectivity index is 0.00000225. The van der Waals surface area contributed by atoms with Gasteiger partial charge >= 0.3 is 0 Å². The number of halogens is 2. The molecule has 1 aliphatic heterocycles. The van der Waals surface area contributed by atoms with E-state index >= 15 is 0 Å². The van der Waals surface area contributed by atoms with Crippen molar-refractivity contribution in [2.75, 3.05) is 13.1 Å². The van der Waals surface area contributed by atoms with Gasteiger partial charge in [0.05, 0.1) is 0 Å². The molecule has 2 heterocycles. The minimum atomic E-state index is -0.0851. The highest BCUT2D eigenvalue weighted by atomic mass is 35.5. The van der Waals surface area contributed by atoms with E-state index in [-0.39, 0.29) is 36.3 Å². The van der Waals surface area contributed by atoms with Crippen molar-refractivity contribution in [3.63, 3.8) is 0 Å². The van der Waals surface area contributed by atoms with Crippen molar-refractivity contribution in [2.45, 2.75) is 32.9 Å². The maximum Gasteiger partial charge on any atom is 0.246 e. The van der Waals surface area contributed by atoms with Gasteiger partial charge in [0.25, 0.3) is 0 Å². The van der Waals surface area contributed by atoms with E-state index in [0.29, 0.717) is 23.9 Å². The third-order valence-corrected chi connectivity index (χ3v) is 4.75. The van der Waals surface area contributed by atoms with Crippen LogP contribution in [0.2, 0.25) is 5.02 Å². The fourth-order valence-electron chi connectivity index (χ4n) is 2.83. The molecule has 3 rings (SSSR count). The van der Waals surface area contributed by atoms with Gasteiger partial charge in [0.15, 0.2) is 0 Å². The summed E-state index contributed by atoms with van der Waals surface area (Å²) in [6, 6.07) is 7.28. The van der Waals surface area contributed by atoms with Gasteiger partial charge in [-0.1, -0.05) is 25.4 Å². The standard InChI is InChI=1S/C16H21ClN6O.ClH/c1-16(2)10-22(8-7-13(16)18)14(24)9-23-20-15(19-21-23)11-3-5-12(17)6-4-11;/h3-6,13H,7-10,18H2,1-2H3;1H. The molecular weight excluding hydrogens is 363 g/mol. The van der Waals surface area contributed by atoms with Crippen LogP contribution in [-0.4, -0.2) is 50.1 Å². The third-order valence-electron chi connectivity index (χ3n) is 4.50. The van der Waals surface area contributed by atoms with E-state index in [1.54, 1.807) is 12.1 Å². The molecule has 0 aliphatic carbocycles. The number of piperidine rings is 1. The second-order valence-corrected chi connectivity index (χ2v) is 7.29. The predicted octanol–water partition coefficient (Wildman–Crippen LogP) is 2.00. The molecule has 0 spiro atoms. The maximum absolute atomic E-state index is 12.5. The van der Waals surface area contributed by atoms with E-state index in [9.17, 15) is 4.79 Å². The molecule has 1 atom stereocenters. The molecular formula is C16H22Cl2N6O. The third kappa shape index (κ3) is 4.48. The average molecular weight is 385 g/mol. The van der Waals surface area contributed by atoms with Gasteiger partial charge in [0.1, 0.15) is 6.54 Å². The maximum atomic E-state index is 12.5. The first-order chi connectivity index (χ1) is 11.3. The van der Waals surface area contributed by atoms with Crippen LogP contribution in [0.5, 0.6) is 0 Å². The number of rotatable bonds is 3. The summed E-state index contributed by atoms with van der Waals surface area (Å²) in [5, 5.41) is 12.9. The molecule has 2 N–H and O–H groups in total. The molecule has 136 valence electrons. The Kier molecular flexibility index (Phi) is 6.03. The van der Waals surface area contributed by atoms with Crippen molar-refractivity contribution in [1.82, 2.24) is 25.1 Å². The van der Waals surface area contributed by atoms with E-state index in [0.717, 1.165) is 12.0 Å². The fraction of sp³-hybridized carbons (Fsp3) is 0.500. The zero-order chi connectivity index (χ0) is 17.3. The van der Waals surface area contributed by atoms with Crippen molar-refractivity contribution in [3.8, 4) is 11.4 Å². The van der Waals surface area contributed by atoms with Crippen LogP contribution >= 0.6 is 24.0 Å². The number of carbonyl (C=O) groups is 1. The summed E-state index contributed by atoms with van der Waals surface area (Å²) < 4.78 is 0. The van der Waals surface area contributed by atoms with E-state index in [1.165, 1.54) is 4.80 Å². The van der Waals surface area contributed by atoms with Crippen LogP contribution in [0.3, 0.4) is 0 Å². The van der Waals surface area contributed by atoms with Crippen molar-refractivity contribution in [1.29, 1.82) is 0 Å². The van der Waals surface area contributed by atoms with Gasteiger partial charge in [0.2, 0.25) is 11.7 Å². The summed E-state index contributed by atoms with van der Waals surface area (Å²) >= 11 is 5.87. The topological polar surface area (TPSA) is 89.9 Å². The molecule has 9 heteroatoms. The van der Waals surface area contributed by atoms with E-state index in [4.69, 9.17) is 17.3 Å². The molecule has 1 aromatic carbocycles. The number of amides is 1. The number of carbonyl (C=O) groups excluding carboxylic acids is 1. The lowest BCUT2D eigenvalue weighted by atomic mass is 9.80. The quantitative estimate of drug-likeness (QED) is 0.873. The lowest BCUT2D eigenvalue weighted by Gasteiger charge is -2.42. The van der Waals surface area contributed by atoms with Gasteiger partial charge < -0.3 is 10.6 Å². The second kappa shape index (κ2) is 7.68. The number of nitrogens with two attached hydrogens (primary N) is 1. The molecule has 0 bridgehead atoms. The molecule has 2 aromatic rings. The fourth-order valence-corrected chi connectivity index (χ4v) is 2.96. The Morgan fingerprint density at radius 1 is 1.36 bits per heavy atom. The summed E-state index contributed by atoms with van der Waals surface area (Å²) in [5.41, 5.74) is 6.84. The number of tetrazole rings is 1. The number of hydrogen-bond donors (Lipinski definition) is 1. The molecule has 0 radical (unpaired) electrons. The summed E-state index contributed by atoms with van der Waals surface area (Å²) in [7, 11) is 0. The Bertz CT molecular complexity index is 730. The number of hydrogen-bond acceptors (Lipinski definition) is 5. The monoisotopic (exact) mass is 384 g/mol. The SMILES string of the molecule is CC1(C)CN(C(=O)Cn2nnc(-c3ccc(Cl)cc3)n2)CCC1N.Cl. The molecule has 1 fully saturated rings. The van der Waals surface area contributed by atoms with Crippen LogP contribution in [0, 0.1) is 5.41 Å². The highest BCUT2D eigenvalue weighted by Gasteiger charge is 2.35. The minimum Gasteiger partial charge on any atom is -0.340 e. The van der Waals surface area contributed by atoms with E-state index < -0.39 is 0 Å². The number of aromatic nitrogens is 4. The van der Waals surface area contributed by atoms with Crippen LogP contribution < -0.4 is 5.73 Å². The molecule has 1 saturated heterocycles. The Morgan fingerprint density at radius 3 is 2.68 bits per heavy atom. The Morgan fingerprint density at radius 2 is 2.04 bits per heavy atom. The average Bonchev–Trinajstić information content (AvgIpc) is 2.99. The summed E-state index contributed by atoms with van der Waals surface area (Å²) in [5.74, 6) is 0.454. The van der Waals surface area contributed by atoms with E-state index in [2.05, 4.69) is 29.3 Å². The van der Waals surface area contributed by atoms with Crippen LogP contribution in [0.4, 0.5) is 0 Å². The van der Waals surface area contributed by atoms with Crippen molar-refractivity contribution < 1.29 is 4.79 Å². The van der Waals surface area contributed by atoms with Gasteiger partial charge in [-0.3, -0.25) is 4.79 Å². The number of likely N-dealkylation sites (tertiary alicyclic amines) is 1. The van der Waals surface area contributed by atoms with Crippen LogP contribution in [-0.2, 0) is 11.3 Å². The molecule has 25 heavy (non-hydrogen) atoms. The molecule has 0 saturated carbocycles. The molecule has 1 aromatic heterocycles. The number of benzene rings is 1. The van der Waals surface area contributed by atoms with E-state index in [1.807, 2.05) is 17.0 Å². The van der Waals surface area contributed by atoms with Crippen molar-refractivity contribution in [3.05, 3.63) is 29.3 Å². The molecule has 7 nitrogen and oxygen atoms in total. The van der Waals surface area contributed by atoms with Crippen molar-refractivity contribution in [2.24, 2.45) is 11.1 Å². The lowest BCUT2D eigenvalue weighted by Crippen LogP contribution is -2.54. The first-order valence-electron chi connectivity index (χ1n) is 7.92. The molecule has 1 unspecified atom stereocenters. The van der Waals surface area contributed by atoms with Crippen LogP contribution in [0.15, 0.2) is 24.3 Å². The summed E-state index contributed by atoms with van der Waals surface area (Å²) in [6.45, 7) is 5.56. The predicted molar refractivity (Wildman–Crippen MR) is 98.5 cm³/mol. The largest absolute Gasteiger partial charge is 0.340 e. The zero-order valence-corrected chi connectivity index (χ0v) is 15.8. The van der Waals surface area contributed by atoms with Gasteiger partial charge in [-0.15, -0.1) is 22.6 Å². The number of nitrogens with zero attached hydrogens (tertiary/aromatic N) is 5. The summed E-state index contributed by atoms with van der Waals surface area (Å²) in [6.07, 6.45) is 0.805. The van der Waals surface area contributed by atoms with Crippen LogP contribution in [0.1, 0.15) is 20.3 Å². The molecule has 1 amide bonds. The van der Waals surface area contributed by atoms with Gasteiger partial charge in [-0.25, -0.2) is 0 Å². The first-order valence-corrected chi connectivity index (χ1v) is 8.30. The minimum absolute atomic E-state index is 0. The summed E-state index contributed by atoms with van der Waals surface area (Å²) in [4.78, 5) is 15.6. The van der Waals surface area contributed by atoms with Crippen LogP contribution in [0.25, 0.3) is 11.4 Å². The second-order valence-electron chi connectivity index (χ2n) is 6.85. The normalized spacial score (nSPS) is 19.4. The van der Waals surface area contributed by atoms with Crippen molar-refractivity contribution >= 4 is 29.9 Å². The highest BCUT2D eigenvalue weighted by Crippen LogP contribution is 2.27. The Hall–Kier alpha value is -1.70. The Labute approximate surface area is 157 Å². The highest BCUT2D eigenvalue weighted by molar-refractivity contribution is 6.30. The lowest BCUT2D eigenvalue weighted by molar-refractivity contribution is -0.135.